The topological polar surface area (TPSA) is 55.1 Å². The van der Waals surface area contributed by atoms with E-state index >= 15 is 0 Å². The SMILES string of the molecule is O=C(O)c1cc(C2CC2)n(F)n1. The summed E-state index contributed by atoms with van der Waals surface area (Å²) in [6, 6.07) is 1.29. The molecule has 1 saturated carbocycles. The van der Waals surface area contributed by atoms with Crippen LogP contribution in [-0.4, -0.2) is 21.1 Å². The first kappa shape index (κ1) is 7.27. The number of carboxylic acids is 1. The van der Waals surface area contributed by atoms with Gasteiger partial charge in [-0.3, -0.25) is 0 Å². The fourth-order valence-corrected chi connectivity index (χ4v) is 1.13. The normalized spacial score (nSPS) is 16.4. The van der Waals surface area contributed by atoms with E-state index in [0.717, 1.165) is 12.8 Å². The third kappa shape index (κ3) is 1.07. The van der Waals surface area contributed by atoms with Crippen molar-refractivity contribution in [2.45, 2.75) is 18.8 Å². The summed E-state index contributed by atoms with van der Waals surface area (Å²) in [7, 11) is 0. The van der Waals surface area contributed by atoms with Gasteiger partial charge in [0.25, 0.3) is 0 Å². The highest BCUT2D eigenvalue weighted by molar-refractivity contribution is 5.85. The minimum Gasteiger partial charge on any atom is -0.476 e. The first-order chi connectivity index (χ1) is 5.68. The van der Waals surface area contributed by atoms with Crippen molar-refractivity contribution in [2.24, 2.45) is 0 Å². The van der Waals surface area contributed by atoms with Crippen LogP contribution in [0.25, 0.3) is 0 Å². The Labute approximate surface area is 67.5 Å². The minimum atomic E-state index is -1.19. The van der Waals surface area contributed by atoms with E-state index in [1.54, 1.807) is 0 Å². The van der Waals surface area contributed by atoms with Crippen molar-refractivity contribution in [1.82, 2.24) is 10.0 Å². The van der Waals surface area contributed by atoms with Gasteiger partial charge in [-0.25, -0.2) is 4.79 Å². The van der Waals surface area contributed by atoms with Gasteiger partial charge in [0.15, 0.2) is 5.69 Å². The van der Waals surface area contributed by atoms with Crippen LogP contribution in [0.5, 0.6) is 0 Å². The second kappa shape index (κ2) is 2.30. The van der Waals surface area contributed by atoms with Gasteiger partial charge < -0.3 is 5.11 Å². The summed E-state index contributed by atoms with van der Waals surface area (Å²) in [5.41, 5.74) is 0.159. The fraction of sp³-hybridized carbons (Fsp3) is 0.429. The van der Waals surface area contributed by atoms with Crippen molar-refractivity contribution < 1.29 is 14.4 Å². The van der Waals surface area contributed by atoms with E-state index in [9.17, 15) is 9.28 Å². The molecular formula is C7H7FN2O2. The van der Waals surface area contributed by atoms with Crippen LogP contribution in [0.1, 0.15) is 34.9 Å². The van der Waals surface area contributed by atoms with Gasteiger partial charge in [0.1, 0.15) is 0 Å². The van der Waals surface area contributed by atoms with E-state index in [1.165, 1.54) is 6.07 Å². The largest absolute Gasteiger partial charge is 0.476 e. The van der Waals surface area contributed by atoms with Crippen molar-refractivity contribution in [1.29, 1.82) is 0 Å². The predicted octanol–water partition coefficient (Wildman–Crippen LogP) is 1.19. The van der Waals surface area contributed by atoms with Crippen LogP contribution in [0.15, 0.2) is 6.07 Å². The number of rotatable bonds is 2. The summed E-state index contributed by atoms with van der Waals surface area (Å²) < 4.78 is 12.8. The second-order valence-corrected chi connectivity index (χ2v) is 2.89. The van der Waals surface area contributed by atoms with E-state index in [2.05, 4.69) is 5.10 Å². The van der Waals surface area contributed by atoms with Gasteiger partial charge in [-0.05, 0) is 18.9 Å². The molecule has 64 valence electrons. The molecule has 1 aromatic rings. The lowest BCUT2D eigenvalue weighted by molar-refractivity contribution is 0.0687. The predicted molar refractivity (Wildman–Crippen MR) is 37.7 cm³/mol. The molecule has 0 spiro atoms. The number of aromatic carboxylic acids is 1. The molecule has 2 rings (SSSR count). The Bertz CT molecular complexity index is 330. The van der Waals surface area contributed by atoms with Gasteiger partial charge >= 0.3 is 5.97 Å². The third-order valence-electron chi connectivity index (χ3n) is 1.91. The van der Waals surface area contributed by atoms with Crippen LogP contribution >= 0.6 is 0 Å². The highest BCUT2D eigenvalue weighted by atomic mass is 19.2. The Morgan fingerprint density at radius 3 is 2.83 bits per heavy atom. The molecule has 0 bridgehead atoms. The van der Waals surface area contributed by atoms with Crippen molar-refractivity contribution in [3.8, 4) is 0 Å². The maximum atomic E-state index is 12.8. The minimum absolute atomic E-state index is 0.168. The van der Waals surface area contributed by atoms with Crippen molar-refractivity contribution in [3.63, 3.8) is 0 Å². The van der Waals surface area contributed by atoms with E-state index in [4.69, 9.17) is 5.11 Å². The number of hydrogen-bond acceptors (Lipinski definition) is 2. The second-order valence-electron chi connectivity index (χ2n) is 2.89. The van der Waals surface area contributed by atoms with Crippen LogP contribution in [0.4, 0.5) is 4.48 Å². The van der Waals surface area contributed by atoms with E-state index in [1.807, 2.05) is 0 Å². The highest BCUT2D eigenvalue weighted by Gasteiger charge is 2.29. The molecule has 1 N–H and O–H groups in total. The fourth-order valence-electron chi connectivity index (χ4n) is 1.13. The smallest absolute Gasteiger partial charge is 0.356 e. The maximum Gasteiger partial charge on any atom is 0.356 e. The van der Waals surface area contributed by atoms with Crippen LogP contribution in [0.2, 0.25) is 0 Å². The van der Waals surface area contributed by atoms with Crippen LogP contribution in [0, 0.1) is 0 Å². The number of nitrogens with zero attached hydrogens (tertiary/aromatic N) is 2. The van der Waals surface area contributed by atoms with Gasteiger partial charge in [0.2, 0.25) is 0 Å². The summed E-state index contributed by atoms with van der Waals surface area (Å²) >= 11 is 0. The van der Waals surface area contributed by atoms with Crippen molar-refractivity contribution in [2.75, 3.05) is 0 Å². The zero-order valence-electron chi connectivity index (χ0n) is 6.20. The molecule has 12 heavy (non-hydrogen) atoms. The highest BCUT2D eigenvalue weighted by Crippen LogP contribution is 2.40. The molecular weight excluding hydrogens is 163 g/mol. The average molecular weight is 170 g/mol. The molecule has 0 radical (unpaired) electrons. The molecule has 0 aliphatic heterocycles. The summed E-state index contributed by atoms with van der Waals surface area (Å²) in [5, 5.41) is 11.7. The van der Waals surface area contributed by atoms with Gasteiger partial charge in [-0.1, -0.05) is 9.39 Å². The van der Waals surface area contributed by atoms with Crippen LogP contribution < -0.4 is 0 Å². The number of halogens is 1. The van der Waals surface area contributed by atoms with Gasteiger partial charge in [0, 0.05) is 5.92 Å². The monoisotopic (exact) mass is 170 g/mol. The molecule has 1 fully saturated rings. The number of hydrogen-bond donors (Lipinski definition) is 1. The van der Waals surface area contributed by atoms with E-state index < -0.39 is 5.97 Å². The molecule has 0 saturated heterocycles. The molecule has 1 aromatic heterocycles. The average Bonchev–Trinajstić information content (AvgIpc) is 2.75. The molecule has 1 heterocycles. The first-order valence-corrected chi connectivity index (χ1v) is 3.68. The quantitative estimate of drug-likeness (QED) is 0.725. The number of carbonyl (C=O) groups is 1. The van der Waals surface area contributed by atoms with Gasteiger partial charge in [0.05, 0.1) is 5.69 Å². The molecule has 0 unspecified atom stereocenters. The van der Waals surface area contributed by atoms with Gasteiger partial charge in [-0.2, -0.15) is 0 Å². The van der Waals surface area contributed by atoms with E-state index in [-0.39, 0.29) is 16.5 Å². The van der Waals surface area contributed by atoms with E-state index in [0.29, 0.717) is 5.69 Å². The lowest BCUT2D eigenvalue weighted by Gasteiger charge is -1.89. The Balaban J connectivity index is 2.36. The summed E-state index contributed by atoms with van der Waals surface area (Å²) in [6.07, 6.45) is 1.85. The zero-order chi connectivity index (χ0) is 8.72. The van der Waals surface area contributed by atoms with Crippen LogP contribution in [-0.2, 0) is 0 Å². The Hall–Kier alpha value is -1.39. The molecule has 0 aromatic carbocycles. The van der Waals surface area contributed by atoms with Crippen molar-refractivity contribution in [3.05, 3.63) is 17.5 Å². The van der Waals surface area contributed by atoms with Crippen molar-refractivity contribution >= 4 is 5.97 Å². The standard InChI is InChI=1S/C7H7FN2O2/c8-10-6(4-1-2-4)3-5(9-10)7(11)12/h3-4H,1-2H2,(H,11,12). The summed E-state index contributed by atoms with van der Waals surface area (Å²) in [4.78, 5) is 10.5. The molecule has 1 aliphatic carbocycles. The Morgan fingerprint density at radius 1 is 1.75 bits per heavy atom. The Morgan fingerprint density at radius 2 is 2.42 bits per heavy atom. The summed E-state index contributed by atoms with van der Waals surface area (Å²) in [6.45, 7) is 0. The molecule has 4 nitrogen and oxygen atoms in total. The third-order valence-corrected chi connectivity index (χ3v) is 1.91. The molecule has 0 atom stereocenters. The Kier molecular flexibility index (Phi) is 1.39. The zero-order valence-corrected chi connectivity index (χ0v) is 6.20. The number of carboxylic acid groups (broad SMARTS) is 1. The maximum absolute atomic E-state index is 12.8. The molecule has 1 aliphatic rings. The number of aromatic nitrogens is 2. The summed E-state index contributed by atoms with van der Waals surface area (Å²) in [5.74, 6) is -1.01. The molecule has 5 heteroatoms. The first-order valence-electron chi connectivity index (χ1n) is 3.68. The lowest BCUT2D eigenvalue weighted by atomic mass is 10.3. The lowest BCUT2D eigenvalue weighted by Crippen LogP contribution is -1.97. The van der Waals surface area contributed by atoms with Gasteiger partial charge in [-0.15, -0.1) is 5.10 Å². The van der Waals surface area contributed by atoms with Crippen LogP contribution in [0.3, 0.4) is 0 Å². The molecule has 0 amide bonds.